The van der Waals surface area contributed by atoms with E-state index in [1.54, 1.807) is 12.1 Å². The average Bonchev–Trinajstić information content (AvgIpc) is 2.75. The van der Waals surface area contributed by atoms with Crippen LogP contribution in [0.25, 0.3) is 0 Å². The first-order valence-corrected chi connectivity index (χ1v) is 9.90. The summed E-state index contributed by atoms with van der Waals surface area (Å²) in [6, 6.07) is 18.6. The molecule has 150 valence electrons. The van der Waals surface area contributed by atoms with Gasteiger partial charge in [0.15, 0.2) is 0 Å². The van der Waals surface area contributed by atoms with Crippen LogP contribution in [0.3, 0.4) is 0 Å². The van der Waals surface area contributed by atoms with Crippen molar-refractivity contribution in [3.63, 3.8) is 0 Å². The van der Waals surface area contributed by atoms with E-state index in [9.17, 15) is 9.59 Å². The average molecular weight is 390 g/mol. The lowest BCUT2D eigenvalue weighted by molar-refractivity contribution is -0.133. The van der Waals surface area contributed by atoms with E-state index in [1.807, 2.05) is 54.3 Å². The number of carbonyl (C=O) groups is 2. The molecule has 0 aliphatic carbocycles. The van der Waals surface area contributed by atoms with Crippen molar-refractivity contribution in [3.8, 4) is 6.07 Å². The molecule has 1 saturated heterocycles. The molecule has 1 atom stereocenters. The number of hydrogen-bond acceptors (Lipinski definition) is 4. The lowest BCUT2D eigenvalue weighted by atomic mass is 10.1. The number of hydrogen-bond donors (Lipinski definition) is 1. The molecule has 2 aromatic carbocycles. The van der Waals surface area contributed by atoms with Crippen molar-refractivity contribution in [2.75, 3.05) is 26.2 Å². The second-order valence-electron chi connectivity index (χ2n) is 7.41. The van der Waals surface area contributed by atoms with Crippen LogP contribution in [0.15, 0.2) is 54.6 Å². The predicted octanol–water partition coefficient (Wildman–Crippen LogP) is 2.41. The van der Waals surface area contributed by atoms with Crippen LogP contribution in [0.1, 0.15) is 34.8 Å². The van der Waals surface area contributed by atoms with Crippen molar-refractivity contribution in [3.05, 3.63) is 71.3 Å². The second kappa shape index (κ2) is 9.85. The molecule has 3 rings (SSSR count). The molecule has 0 unspecified atom stereocenters. The van der Waals surface area contributed by atoms with Gasteiger partial charge in [-0.25, -0.2) is 0 Å². The molecule has 2 amide bonds. The molecule has 0 bridgehead atoms. The summed E-state index contributed by atoms with van der Waals surface area (Å²) in [6.07, 6.45) is 0.300. The highest BCUT2D eigenvalue weighted by Crippen LogP contribution is 2.11. The van der Waals surface area contributed by atoms with Gasteiger partial charge in [-0.05, 0) is 36.8 Å². The SMILES string of the molecule is C[C@@H](CC(=O)N1CCN(Cc2ccc(C#N)cc2)CC1)NC(=O)c1ccccc1. The third-order valence-electron chi connectivity index (χ3n) is 5.11. The summed E-state index contributed by atoms with van der Waals surface area (Å²) in [7, 11) is 0. The number of nitrogens with zero attached hydrogens (tertiary/aromatic N) is 3. The van der Waals surface area contributed by atoms with Crippen LogP contribution in [-0.2, 0) is 11.3 Å². The Balaban J connectivity index is 1.42. The van der Waals surface area contributed by atoms with Gasteiger partial charge in [-0.3, -0.25) is 14.5 Å². The number of benzene rings is 2. The Hall–Kier alpha value is -3.17. The molecule has 0 saturated carbocycles. The fourth-order valence-corrected chi connectivity index (χ4v) is 3.44. The van der Waals surface area contributed by atoms with Gasteiger partial charge in [0.1, 0.15) is 0 Å². The van der Waals surface area contributed by atoms with Gasteiger partial charge in [0.05, 0.1) is 11.6 Å². The van der Waals surface area contributed by atoms with Gasteiger partial charge in [0.25, 0.3) is 5.91 Å². The first-order chi connectivity index (χ1) is 14.0. The number of nitrogens with one attached hydrogen (secondary N) is 1. The minimum atomic E-state index is -0.216. The molecule has 1 aliphatic rings. The van der Waals surface area contributed by atoms with E-state index in [2.05, 4.69) is 16.3 Å². The number of carbonyl (C=O) groups excluding carboxylic acids is 2. The van der Waals surface area contributed by atoms with Crippen LogP contribution in [0.2, 0.25) is 0 Å². The maximum Gasteiger partial charge on any atom is 0.251 e. The molecule has 1 heterocycles. The van der Waals surface area contributed by atoms with E-state index in [4.69, 9.17) is 5.26 Å². The van der Waals surface area contributed by atoms with E-state index < -0.39 is 0 Å². The van der Waals surface area contributed by atoms with Crippen molar-refractivity contribution < 1.29 is 9.59 Å². The monoisotopic (exact) mass is 390 g/mol. The fourth-order valence-electron chi connectivity index (χ4n) is 3.44. The van der Waals surface area contributed by atoms with Gasteiger partial charge in [0, 0.05) is 50.7 Å². The van der Waals surface area contributed by atoms with Gasteiger partial charge < -0.3 is 10.2 Å². The van der Waals surface area contributed by atoms with E-state index in [0.29, 0.717) is 30.6 Å². The third-order valence-corrected chi connectivity index (χ3v) is 5.11. The van der Waals surface area contributed by atoms with Crippen LogP contribution in [0.5, 0.6) is 0 Å². The minimum Gasteiger partial charge on any atom is -0.349 e. The quantitative estimate of drug-likeness (QED) is 0.822. The zero-order valence-electron chi connectivity index (χ0n) is 16.7. The van der Waals surface area contributed by atoms with Crippen LogP contribution in [0, 0.1) is 11.3 Å². The van der Waals surface area contributed by atoms with E-state index in [-0.39, 0.29) is 17.9 Å². The summed E-state index contributed by atoms with van der Waals surface area (Å²) >= 11 is 0. The van der Waals surface area contributed by atoms with Crippen molar-refractivity contribution in [2.24, 2.45) is 0 Å². The summed E-state index contributed by atoms with van der Waals surface area (Å²) in [5.41, 5.74) is 2.43. The minimum absolute atomic E-state index is 0.0730. The second-order valence-corrected chi connectivity index (χ2v) is 7.41. The molecule has 29 heavy (non-hydrogen) atoms. The van der Waals surface area contributed by atoms with Crippen molar-refractivity contribution in [1.29, 1.82) is 5.26 Å². The van der Waals surface area contributed by atoms with Gasteiger partial charge in [0.2, 0.25) is 5.91 Å². The summed E-state index contributed by atoms with van der Waals surface area (Å²) < 4.78 is 0. The molecule has 0 aromatic heterocycles. The summed E-state index contributed by atoms with van der Waals surface area (Å²) in [5.74, 6) is -0.0815. The van der Waals surface area contributed by atoms with Gasteiger partial charge >= 0.3 is 0 Å². The Morgan fingerprint density at radius 1 is 1.03 bits per heavy atom. The smallest absolute Gasteiger partial charge is 0.251 e. The van der Waals surface area contributed by atoms with Crippen molar-refractivity contribution in [1.82, 2.24) is 15.1 Å². The zero-order chi connectivity index (χ0) is 20.6. The maximum atomic E-state index is 12.6. The summed E-state index contributed by atoms with van der Waals surface area (Å²) in [5, 5.41) is 11.8. The summed E-state index contributed by atoms with van der Waals surface area (Å²) in [4.78, 5) is 29.0. The maximum absolute atomic E-state index is 12.6. The van der Waals surface area contributed by atoms with Crippen molar-refractivity contribution >= 4 is 11.8 Å². The normalized spacial score (nSPS) is 15.4. The van der Waals surface area contributed by atoms with E-state index in [1.165, 1.54) is 5.56 Å². The fraction of sp³-hybridized carbons (Fsp3) is 0.348. The third kappa shape index (κ3) is 5.90. The zero-order valence-corrected chi connectivity index (χ0v) is 16.7. The Labute approximate surface area is 171 Å². The van der Waals surface area contributed by atoms with Crippen LogP contribution < -0.4 is 5.32 Å². The molecule has 0 radical (unpaired) electrons. The number of rotatable bonds is 6. The largest absolute Gasteiger partial charge is 0.349 e. The van der Waals surface area contributed by atoms with E-state index >= 15 is 0 Å². The molecule has 1 aliphatic heterocycles. The van der Waals surface area contributed by atoms with E-state index in [0.717, 1.165) is 19.6 Å². The van der Waals surface area contributed by atoms with Gasteiger partial charge in [-0.1, -0.05) is 30.3 Å². The molecule has 0 spiro atoms. The first-order valence-electron chi connectivity index (χ1n) is 9.90. The van der Waals surface area contributed by atoms with Crippen LogP contribution in [0.4, 0.5) is 0 Å². The number of nitriles is 1. The highest BCUT2D eigenvalue weighted by Gasteiger charge is 2.23. The Kier molecular flexibility index (Phi) is 6.99. The molecular formula is C23H26N4O2. The summed E-state index contributed by atoms with van der Waals surface area (Å²) in [6.45, 7) is 5.69. The lowest BCUT2D eigenvalue weighted by Gasteiger charge is -2.35. The van der Waals surface area contributed by atoms with Crippen LogP contribution >= 0.6 is 0 Å². The Morgan fingerprint density at radius 3 is 2.31 bits per heavy atom. The highest BCUT2D eigenvalue weighted by atomic mass is 16.2. The topological polar surface area (TPSA) is 76.4 Å². The van der Waals surface area contributed by atoms with Gasteiger partial charge in [-0.2, -0.15) is 5.26 Å². The van der Waals surface area contributed by atoms with Crippen molar-refractivity contribution in [2.45, 2.75) is 25.9 Å². The Morgan fingerprint density at radius 2 is 1.69 bits per heavy atom. The molecule has 6 nitrogen and oxygen atoms in total. The lowest BCUT2D eigenvalue weighted by Crippen LogP contribution is -2.49. The van der Waals surface area contributed by atoms with Crippen LogP contribution in [-0.4, -0.2) is 53.8 Å². The molecule has 2 aromatic rings. The Bertz CT molecular complexity index is 866. The predicted molar refractivity (Wildman–Crippen MR) is 111 cm³/mol. The molecule has 1 N–H and O–H groups in total. The molecule has 1 fully saturated rings. The number of amides is 2. The molecular weight excluding hydrogens is 364 g/mol. The van der Waals surface area contributed by atoms with Gasteiger partial charge in [-0.15, -0.1) is 0 Å². The highest BCUT2D eigenvalue weighted by molar-refractivity contribution is 5.94. The first kappa shape index (κ1) is 20.6. The standard InChI is InChI=1S/C23H26N4O2/c1-18(25-23(29)21-5-3-2-4-6-21)15-22(28)27-13-11-26(12-14-27)17-20-9-7-19(16-24)8-10-20/h2-10,18H,11-15,17H2,1H3,(H,25,29)/t18-/m0/s1. The number of piperazine rings is 1. The molecule has 6 heteroatoms.